The molecular formula is C7H13Na2O9P. The van der Waals surface area contributed by atoms with Crippen molar-refractivity contribution in [3.05, 3.63) is 0 Å². The van der Waals surface area contributed by atoms with Gasteiger partial charge >= 0.3 is 59.1 Å². The maximum atomic E-state index is 10.4. The third-order valence-electron chi connectivity index (χ3n) is 2.31. The molecule has 1 rings (SSSR count). The summed E-state index contributed by atoms with van der Waals surface area (Å²) in [5.74, 6) is 0. The Labute approximate surface area is 153 Å². The second kappa shape index (κ2) is 9.14. The zero-order valence-corrected chi connectivity index (χ0v) is 15.6. The predicted octanol–water partition coefficient (Wildman–Crippen LogP) is -9.97. The fourth-order valence-corrected chi connectivity index (χ4v) is 1.92. The van der Waals surface area contributed by atoms with Crippen LogP contribution in [0.4, 0.5) is 0 Å². The first-order chi connectivity index (χ1) is 7.63. The van der Waals surface area contributed by atoms with E-state index in [9.17, 15) is 34.8 Å². The van der Waals surface area contributed by atoms with Crippen LogP contribution >= 0.6 is 7.82 Å². The molecule has 0 unspecified atom stereocenters. The first kappa shape index (κ1) is 23.2. The molecule has 1 aliphatic rings. The first-order valence-corrected chi connectivity index (χ1v) is 6.17. The molecule has 0 aromatic heterocycles. The largest absolute Gasteiger partial charge is 1.00 e. The van der Waals surface area contributed by atoms with Crippen LogP contribution in [0.5, 0.6) is 0 Å². The monoisotopic (exact) mass is 318 g/mol. The van der Waals surface area contributed by atoms with Crippen molar-refractivity contribution in [2.24, 2.45) is 0 Å². The van der Waals surface area contributed by atoms with Crippen molar-refractivity contribution >= 4 is 7.82 Å². The fourth-order valence-electron chi connectivity index (χ4n) is 1.49. The van der Waals surface area contributed by atoms with E-state index >= 15 is 0 Å². The first-order valence-electron chi connectivity index (χ1n) is 4.71. The van der Waals surface area contributed by atoms with Gasteiger partial charge < -0.3 is 44.0 Å². The molecule has 1 fully saturated rings. The standard InChI is InChI=1S/C7H15O9P.2Na/c1-2(8)6-4(10)3(9)5(11)7(15-6)16-17(12,13)14;;/h2-11H,1H3,(H2,12,13,14);;/q;2*+1/p-2/t2-,3+,4+,5-,6-,7-;;/m1../s1. The molecule has 102 valence electrons. The van der Waals surface area contributed by atoms with Gasteiger partial charge in [-0.15, -0.1) is 0 Å². The minimum atomic E-state index is -5.43. The maximum absolute atomic E-state index is 10.4. The molecule has 6 atom stereocenters. The van der Waals surface area contributed by atoms with Crippen molar-refractivity contribution in [1.29, 1.82) is 0 Å². The van der Waals surface area contributed by atoms with Crippen LogP contribution in [0, 0.1) is 0 Å². The molecule has 4 N–H and O–H groups in total. The topological polar surface area (TPSA) is 163 Å². The van der Waals surface area contributed by atoms with Gasteiger partial charge in [-0.05, 0) is 6.92 Å². The van der Waals surface area contributed by atoms with Crippen LogP contribution in [0.25, 0.3) is 0 Å². The summed E-state index contributed by atoms with van der Waals surface area (Å²) in [6, 6.07) is 0. The van der Waals surface area contributed by atoms with Gasteiger partial charge in [-0.2, -0.15) is 0 Å². The van der Waals surface area contributed by atoms with Crippen LogP contribution in [-0.4, -0.2) is 57.2 Å². The Kier molecular flexibility index (Phi) is 11.2. The molecule has 12 heteroatoms. The molecule has 1 heterocycles. The van der Waals surface area contributed by atoms with Gasteiger partial charge in [0.1, 0.15) is 24.4 Å². The van der Waals surface area contributed by atoms with Gasteiger partial charge in [-0.3, -0.25) is 0 Å². The number of aliphatic hydroxyl groups is 4. The number of hydrogen-bond donors (Lipinski definition) is 4. The van der Waals surface area contributed by atoms with Crippen LogP contribution in [-0.2, 0) is 13.8 Å². The van der Waals surface area contributed by atoms with E-state index in [1.54, 1.807) is 0 Å². The molecule has 1 aliphatic heterocycles. The second-order valence-corrected chi connectivity index (χ2v) is 4.84. The van der Waals surface area contributed by atoms with Gasteiger partial charge in [0.2, 0.25) is 0 Å². The zero-order chi connectivity index (χ0) is 13.4. The van der Waals surface area contributed by atoms with Gasteiger partial charge in [-0.1, -0.05) is 0 Å². The molecule has 0 aromatic rings. The van der Waals surface area contributed by atoms with E-state index in [1.807, 2.05) is 0 Å². The molecule has 0 bridgehead atoms. The molecule has 0 spiro atoms. The Morgan fingerprint density at radius 1 is 1.16 bits per heavy atom. The Balaban J connectivity index is 0. The summed E-state index contributed by atoms with van der Waals surface area (Å²) in [6.07, 6.45) is -9.98. The fraction of sp³-hybridized carbons (Fsp3) is 1.00. The summed E-state index contributed by atoms with van der Waals surface area (Å²) in [6.45, 7) is 1.21. The van der Waals surface area contributed by atoms with Crippen molar-refractivity contribution in [3.8, 4) is 0 Å². The van der Waals surface area contributed by atoms with Crippen molar-refractivity contribution < 1.29 is 103 Å². The van der Waals surface area contributed by atoms with Crippen LogP contribution in [0.2, 0.25) is 0 Å². The molecule has 0 aromatic carbocycles. The summed E-state index contributed by atoms with van der Waals surface area (Å²) in [5, 5.41) is 37.3. The van der Waals surface area contributed by atoms with E-state index in [0.29, 0.717) is 0 Å². The van der Waals surface area contributed by atoms with E-state index in [-0.39, 0.29) is 59.1 Å². The average Bonchev–Trinajstić information content (AvgIpc) is 2.16. The van der Waals surface area contributed by atoms with E-state index in [0.717, 1.165) is 0 Å². The third-order valence-corrected chi connectivity index (χ3v) is 2.78. The second-order valence-electron chi connectivity index (χ2n) is 3.73. The number of aliphatic hydroxyl groups excluding tert-OH is 4. The molecular weight excluding hydrogens is 305 g/mol. The van der Waals surface area contributed by atoms with Crippen molar-refractivity contribution in [3.63, 3.8) is 0 Å². The molecule has 0 aliphatic carbocycles. The Morgan fingerprint density at radius 2 is 1.63 bits per heavy atom. The van der Waals surface area contributed by atoms with Crippen molar-refractivity contribution in [2.75, 3.05) is 0 Å². The van der Waals surface area contributed by atoms with Gasteiger partial charge in [0, 0.05) is 0 Å². The van der Waals surface area contributed by atoms with E-state index in [4.69, 9.17) is 4.74 Å². The van der Waals surface area contributed by atoms with E-state index < -0.39 is 44.6 Å². The number of ether oxygens (including phenoxy) is 1. The number of phosphoric ester groups is 1. The Bertz CT molecular complexity index is 311. The van der Waals surface area contributed by atoms with Crippen LogP contribution < -0.4 is 68.9 Å². The number of phosphoric acid groups is 1. The Morgan fingerprint density at radius 3 is 2.00 bits per heavy atom. The molecule has 0 saturated carbocycles. The molecule has 19 heavy (non-hydrogen) atoms. The molecule has 0 radical (unpaired) electrons. The maximum Gasteiger partial charge on any atom is 1.00 e. The minimum absolute atomic E-state index is 0. The molecule has 1 saturated heterocycles. The van der Waals surface area contributed by atoms with Crippen molar-refractivity contribution in [2.45, 2.75) is 43.7 Å². The zero-order valence-electron chi connectivity index (χ0n) is 10.7. The SMILES string of the molecule is C[C@@H](O)[C@H]1O[C@H](OP(=O)([O-])[O-])[C@H](O)[C@@H](O)[C@@H]1O.[Na+].[Na+]. The quantitative estimate of drug-likeness (QED) is 0.292. The average molecular weight is 318 g/mol. The van der Waals surface area contributed by atoms with Gasteiger partial charge in [-0.25, -0.2) is 0 Å². The van der Waals surface area contributed by atoms with Gasteiger partial charge in [0.15, 0.2) is 6.29 Å². The number of hydrogen-bond acceptors (Lipinski definition) is 9. The Hall–Kier alpha value is 1.91. The van der Waals surface area contributed by atoms with E-state index in [2.05, 4.69) is 4.52 Å². The van der Waals surface area contributed by atoms with Crippen LogP contribution in [0.15, 0.2) is 0 Å². The normalized spacial score (nSPS) is 36.9. The van der Waals surface area contributed by atoms with Crippen LogP contribution in [0.3, 0.4) is 0 Å². The number of rotatable bonds is 3. The minimum Gasteiger partial charge on any atom is -0.790 e. The smallest absolute Gasteiger partial charge is 0.790 e. The van der Waals surface area contributed by atoms with Gasteiger partial charge in [0.25, 0.3) is 0 Å². The summed E-state index contributed by atoms with van der Waals surface area (Å²) in [4.78, 5) is 20.7. The predicted molar refractivity (Wildman–Crippen MR) is 47.1 cm³/mol. The summed E-state index contributed by atoms with van der Waals surface area (Å²) < 4.78 is 19.0. The molecule has 9 nitrogen and oxygen atoms in total. The summed E-state index contributed by atoms with van der Waals surface area (Å²) >= 11 is 0. The summed E-state index contributed by atoms with van der Waals surface area (Å²) in [5.41, 5.74) is 0. The third kappa shape index (κ3) is 6.68. The summed E-state index contributed by atoms with van der Waals surface area (Å²) in [7, 11) is -5.43. The van der Waals surface area contributed by atoms with Crippen LogP contribution in [0.1, 0.15) is 6.92 Å². The van der Waals surface area contributed by atoms with Crippen molar-refractivity contribution in [1.82, 2.24) is 0 Å². The van der Waals surface area contributed by atoms with Gasteiger partial charge in [0.05, 0.1) is 13.9 Å². The molecule has 0 amide bonds. The van der Waals surface area contributed by atoms with E-state index in [1.165, 1.54) is 6.92 Å².